The van der Waals surface area contributed by atoms with E-state index in [2.05, 4.69) is 56.3 Å². The molecule has 0 spiro atoms. The highest BCUT2D eigenvalue weighted by Gasteiger charge is 2.30. The Hall–Kier alpha value is -1.80. The minimum absolute atomic E-state index is 0.524. The number of nitrogens with two attached hydrogens (primary N) is 1. The van der Waals surface area contributed by atoms with Gasteiger partial charge in [0.15, 0.2) is 0 Å². The number of benzene rings is 2. The third-order valence-corrected chi connectivity index (χ3v) is 3.93. The number of aryl methyl sites for hydroxylation is 1. The largest absolute Gasteiger partial charge is 0.493 e. The van der Waals surface area contributed by atoms with E-state index in [9.17, 15) is 0 Å². The predicted molar refractivity (Wildman–Crippen MR) is 77.5 cm³/mol. The molecule has 0 aliphatic carbocycles. The molecule has 2 aromatic carbocycles. The molecule has 98 valence electrons. The smallest absolute Gasteiger partial charge is 0.128 e. The van der Waals surface area contributed by atoms with E-state index in [-0.39, 0.29) is 0 Å². The van der Waals surface area contributed by atoms with Crippen LogP contribution >= 0.6 is 0 Å². The van der Waals surface area contributed by atoms with Crippen molar-refractivity contribution in [2.24, 2.45) is 5.73 Å². The highest BCUT2D eigenvalue weighted by atomic mass is 16.5. The van der Waals surface area contributed by atoms with Gasteiger partial charge in [0.1, 0.15) is 5.75 Å². The molecule has 0 saturated carbocycles. The molecule has 19 heavy (non-hydrogen) atoms. The first-order chi connectivity index (χ1) is 9.09. The van der Waals surface area contributed by atoms with Crippen LogP contribution in [0.15, 0.2) is 42.5 Å². The van der Waals surface area contributed by atoms with E-state index in [1.807, 2.05) is 0 Å². The molecule has 0 bridgehead atoms. The number of hydrogen-bond donors (Lipinski definition) is 1. The standard InChI is InChI=1S/C17H19NO/c1-12-6-8-14(9-7-12)17(2,18)15-5-3-4-13-10-11-19-16(13)15/h3-9H,10-11,18H2,1-2H3. The molecular weight excluding hydrogens is 234 g/mol. The van der Waals surface area contributed by atoms with Gasteiger partial charge in [0.2, 0.25) is 0 Å². The molecule has 0 amide bonds. The molecule has 3 rings (SSSR count). The summed E-state index contributed by atoms with van der Waals surface area (Å²) in [5, 5.41) is 0. The van der Waals surface area contributed by atoms with E-state index < -0.39 is 5.54 Å². The van der Waals surface area contributed by atoms with Crippen LogP contribution in [0.3, 0.4) is 0 Å². The lowest BCUT2D eigenvalue weighted by atomic mass is 9.84. The molecule has 2 aromatic rings. The van der Waals surface area contributed by atoms with Crippen molar-refractivity contribution in [3.8, 4) is 5.75 Å². The van der Waals surface area contributed by atoms with Crippen molar-refractivity contribution in [1.82, 2.24) is 0 Å². The van der Waals surface area contributed by atoms with Crippen LogP contribution in [-0.4, -0.2) is 6.61 Å². The zero-order valence-corrected chi connectivity index (χ0v) is 11.4. The third-order valence-electron chi connectivity index (χ3n) is 3.93. The zero-order valence-electron chi connectivity index (χ0n) is 11.4. The lowest BCUT2D eigenvalue weighted by molar-refractivity contribution is 0.347. The van der Waals surface area contributed by atoms with Crippen LogP contribution in [0, 0.1) is 6.92 Å². The lowest BCUT2D eigenvalue weighted by Crippen LogP contribution is -2.34. The van der Waals surface area contributed by atoms with E-state index in [0.717, 1.165) is 29.9 Å². The second-order valence-electron chi connectivity index (χ2n) is 5.46. The summed E-state index contributed by atoms with van der Waals surface area (Å²) in [6.07, 6.45) is 0.979. The maximum atomic E-state index is 6.60. The maximum Gasteiger partial charge on any atom is 0.128 e. The summed E-state index contributed by atoms with van der Waals surface area (Å²) in [7, 11) is 0. The van der Waals surface area contributed by atoms with Gasteiger partial charge in [0.25, 0.3) is 0 Å². The van der Waals surface area contributed by atoms with Gasteiger partial charge < -0.3 is 10.5 Å². The predicted octanol–water partition coefficient (Wildman–Crippen LogP) is 3.15. The summed E-state index contributed by atoms with van der Waals surface area (Å²) in [6.45, 7) is 4.90. The van der Waals surface area contributed by atoms with Crippen LogP contribution < -0.4 is 10.5 Å². The van der Waals surface area contributed by atoms with Gasteiger partial charge >= 0.3 is 0 Å². The van der Waals surface area contributed by atoms with Crippen LogP contribution in [0.2, 0.25) is 0 Å². The number of para-hydroxylation sites is 1. The molecule has 2 nitrogen and oxygen atoms in total. The molecule has 0 saturated heterocycles. The Morgan fingerprint density at radius 3 is 2.58 bits per heavy atom. The Labute approximate surface area is 114 Å². The van der Waals surface area contributed by atoms with Gasteiger partial charge in [-0.2, -0.15) is 0 Å². The molecule has 1 heterocycles. The van der Waals surface area contributed by atoms with Crippen molar-refractivity contribution in [3.05, 3.63) is 64.7 Å². The summed E-state index contributed by atoms with van der Waals surface area (Å²) in [5.41, 5.74) is 10.8. The van der Waals surface area contributed by atoms with Gasteiger partial charge in [-0.05, 0) is 25.0 Å². The van der Waals surface area contributed by atoms with Crippen molar-refractivity contribution in [2.75, 3.05) is 6.61 Å². The topological polar surface area (TPSA) is 35.2 Å². The van der Waals surface area contributed by atoms with Crippen LogP contribution in [0.25, 0.3) is 0 Å². The fourth-order valence-electron chi connectivity index (χ4n) is 2.68. The first-order valence-corrected chi connectivity index (χ1v) is 6.70. The van der Waals surface area contributed by atoms with E-state index in [1.165, 1.54) is 11.1 Å². The Balaban J connectivity index is 2.10. The third kappa shape index (κ3) is 2.02. The Kier molecular flexibility index (Phi) is 2.83. The second kappa shape index (κ2) is 4.39. The average molecular weight is 253 g/mol. The number of ether oxygens (including phenoxy) is 1. The van der Waals surface area contributed by atoms with Gasteiger partial charge in [-0.1, -0.05) is 48.0 Å². The zero-order chi connectivity index (χ0) is 13.5. The average Bonchev–Trinajstić information content (AvgIpc) is 2.87. The summed E-state index contributed by atoms with van der Waals surface area (Å²) < 4.78 is 5.78. The molecule has 0 aromatic heterocycles. The molecule has 1 atom stereocenters. The SMILES string of the molecule is Cc1ccc(C(C)(N)c2cccc3c2OCC3)cc1. The number of hydrogen-bond acceptors (Lipinski definition) is 2. The van der Waals surface area contributed by atoms with E-state index in [0.29, 0.717) is 0 Å². The van der Waals surface area contributed by atoms with Crippen molar-refractivity contribution >= 4 is 0 Å². The quantitative estimate of drug-likeness (QED) is 0.892. The normalized spacial score (nSPS) is 16.6. The summed E-state index contributed by atoms with van der Waals surface area (Å²) in [4.78, 5) is 0. The number of fused-ring (bicyclic) bond motifs is 1. The molecule has 1 aliphatic heterocycles. The minimum Gasteiger partial charge on any atom is -0.493 e. The fraction of sp³-hybridized carbons (Fsp3) is 0.294. The van der Waals surface area contributed by atoms with Crippen LogP contribution in [0.4, 0.5) is 0 Å². The minimum atomic E-state index is -0.524. The van der Waals surface area contributed by atoms with Crippen molar-refractivity contribution in [3.63, 3.8) is 0 Å². The highest BCUT2D eigenvalue weighted by Crippen LogP contribution is 2.38. The molecule has 2 N–H and O–H groups in total. The van der Waals surface area contributed by atoms with Crippen LogP contribution in [0.1, 0.15) is 29.2 Å². The van der Waals surface area contributed by atoms with Crippen LogP contribution in [-0.2, 0) is 12.0 Å². The van der Waals surface area contributed by atoms with E-state index in [1.54, 1.807) is 0 Å². The fourth-order valence-corrected chi connectivity index (χ4v) is 2.68. The first kappa shape index (κ1) is 12.2. The molecule has 0 radical (unpaired) electrons. The summed E-state index contributed by atoms with van der Waals surface area (Å²) >= 11 is 0. The van der Waals surface area contributed by atoms with Gasteiger partial charge in [-0.25, -0.2) is 0 Å². The Morgan fingerprint density at radius 2 is 1.84 bits per heavy atom. The highest BCUT2D eigenvalue weighted by molar-refractivity contribution is 5.51. The van der Waals surface area contributed by atoms with Crippen molar-refractivity contribution in [2.45, 2.75) is 25.8 Å². The van der Waals surface area contributed by atoms with E-state index in [4.69, 9.17) is 10.5 Å². The molecule has 0 fully saturated rings. The van der Waals surface area contributed by atoms with Crippen molar-refractivity contribution in [1.29, 1.82) is 0 Å². The molecule has 2 heteroatoms. The second-order valence-corrected chi connectivity index (χ2v) is 5.46. The summed E-state index contributed by atoms with van der Waals surface area (Å²) in [6, 6.07) is 14.7. The van der Waals surface area contributed by atoms with Crippen molar-refractivity contribution < 1.29 is 4.74 Å². The van der Waals surface area contributed by atoms with Gasteiger partial charge in [0.05, 0.1) is 12.1 Å². The van der Waals surface area contributed by atoms with Gasteiger partial charge in [-0.15, -0.1) is 0 Å². The Morgan fingerprint density at radius 1 is 1.11 bits per heavy atom. The monoisotopic (exact) mass is 253 g/mol. The maximum absolute atomic E-state index is 6.60. The summed E-state index contributed by atoms with van der Waals surface area (Å²) in [5.74, 6) is 0.980. The van der Waals surface area contributed by atoms with Gasteiger partial charge in [-0.3, -0.25) is 0 Å². The molecular formula is C17H19NO. The molecule has 1 unspecified atom stereocenters. The lowest BCUT2D eigenvalue weighted by Gasteiger charge is -2.27. The van der Waals surface area contributed by atoms with Crippen LogP contribution in [0.5, 0.6) is 5.75 Å². The van der Waals surface area contributed by atoms with E-state index >= 15 is 0 Å². The van der Waals surface area contributed by atoms with Gasteiger partial charge in [0, 0.05) is 12.0 Å². The number of rotatable bonds is 2. The molecule has 1 aliphatic rings. The first-order valence-electron chi connectivity index (χ1n) is 6.70. The Bertz CT molecular complexity index is 599.